The summed E-state index contributed by atoms with van der Waals surface area (Å²) in [5, 5.41) is 0. The average molecular weight is 390 g/mol. The fourth-order valence-corrected chi connectivity index (χ4v) is 3.66. The van der Waals surface area contributed by atoms with E-state index < -0.39 is 10.0 Å². The van der Waals surface area contributed by atoms with E-state index in [-0.39, 0.29) is 11.4 Å². The van der Waals surface area contributed by atoms with E-state index in [9.17, 15) is 8.42 Å². The summed E-state index contributed by atoms with van der Waals surface area (Å²) in [5.41, 5.74) is 1.41. The van der Waals surface area contributed by atoms with Crippen LogP contribution in [0.1, 0.15) is 12.7 Å². The van der Waals surface area contributed by atoms with E-state index in [4.69, 9.17) is 9.47 Å². The minimum atomic E-state index is -3.68. The third kappa shape index (κ3) is 4.44. The maximum Gasteiger partial charge on any atom is 0.240 e. The number of methoxy groups -OCH3 is 1. The Morgan fingerprint density at radius 2 is 1.96 bits per heavy atom. The minimum Gasteiger partial charge on any atom is -0.494 e. The molecule has 0 saturated carbocycles. The highest BCUT2D eigenvalue weighted by molar-refractivity contribution is 7.89. The molecule has 8 nitrogen and oxygen atoms in total. The maximum absolute atomic E-state index is 12.6. The number of hydrogen-bond donors (Lipinski definition) is 1. The molecule has 2 aromatic heterocycles. The Labute approximate surface area is 158 Å². The van der Waals surface area contributed by atoms with Crippen LogP contribution in [-0.4, -0.2) is 43.3 Å². The molecule has 1 N–H and O–H groups in total. The van der Waals surface area contributed by atoms with Gasteiger partial charge in [-0.2, -0.15) is 0 Å². The summed E-state index contributed by atoms with van der Waals surface area (Å²) >= 11 is 0. The van der Waals surface area contributed by atoms with E-state index in [1.807, 2.05) is 17.6 Å². The molecule has 0 atom stereocenters. The van der Waals surface area contributed by atoms with Crippen LogP contribution in [0.2, 0.25) is 0 Å². The topological polar surface area (TPSA) is 95.3 Å². The predicted molar refractivity (Wildman–Crippen MR) is 101 cm³/mol. The average Bonchev–Trinajstić information content (AvgIpc) is 3.03. The molecule has 0 amide bonds. The lowest BCUT2D eigenvalue weighted by Gasteiger charge is -2.10. The van der Waals surface area contributed by atoms with E-state index in [1.165, 1.54) is 12.1 Å². The van der Waals surface area contributed by atoms with Crippen LogP contribution in [0.4, 0.5) is 0 Å². The van der Waals surface area contributed by atoms with Gasteiger partial charge in [0.05, 0.1) is 24.7 Å². The Morgan fingerprint density at radius 1 is 1.19 bits per heavy atom. The largest absolute Gasteiger partial charge is 0.494 e. The van der Waals surface area contributed by atoms with Crippen molar-refractivity contribution in [2.24, 2.45) is 0 Å². The van der Waals surface area contributed by atoms with Crippen molar-refractivity contribution >= 4 is 21.2 Å². The lowest BCUT2D eigenvalue weighted by atomic mass is 10.3. The molecule has 0 aliphatic carbocycles. The van der Waals surface area contributed by atoms with Gasteiger partial charge in [0.15, 0.2) is 5.65 Å². The number of nitrogens with one attached hydrogen (secondary N) is 1. The van der Waals surface area contributed by atoms with Crippen LogP contribution in [0.25, 0.3) is 11.2 Å². The van der Waals surface area contributed by atoms with Gasteiger partial charge < -0.3 is 14.0 Å². The monoisotopic (exact) mass is 390 g/mol. The van der Waals surface area contributed by atoms with Crippen molar-refractivity contribution in [1.29, 1.82) is 0 Å². The zero-order chi connectivity index (χ0) is 19.3. The molecule has 0 spiro atoms. The maximum atomic E-state index is 12.6. The SMILES string of the molecule is CCOc1ccc(S(=O)(=O)NCc2nc3cccnc3n2CCOC)cc1. The molecule has 0 fully saturated rings. The van der Waals surface area contributed by atoms with Crippen molar-refractivity contribution < 1.29 is 17.9 Å². The van der Waals surface area contributed by atoms with Gasteiger partial charge in [-0.15, -0.1) is 0 Å². The van der Waals surface area contributed by atoms with E-state index in [1.54, 1.807) is 31.5 Å². The lowest BCUT2D eigenvalue weighted by Crippen LogP contribution is -2.25. The number of sulfonamides is 1. The highest BCUT2D eigenvalue weighted by atomic mass is 32.2. The van der Waals surface area contributed by atoms with Crippen LogP contribution in [0.5, 0.6) is 5.75 Å². The molecule has 9 heteroatoms. The number of rotatable bonds is 9. The van der Waals surface area contributed by atoms with Crippen LogP contribution < -0.4 is 9.46 Å². The van der Waals surface area contributed by atoms with Crippen molar-refractivity contribution in [3.63, 3.8) is 0 Å². The highest BCUT2D eigenvalue weighted by Crippen LogP contribution is 2.17. The molecule has 3 rings (SSSR count). The number of hydrogen-bond acceptors (Lipinski definition) is 6. The predicted octanol–water partition coefficient (Wildman–Crippen LogP) is 1.95. The molecule has 1 aromatic carbocycles. The summed E-state index contributed by atoms with van der Waals surface area (Å²) in [7, 11) is -2.06. The summed E-state index contributed by atoms with van der Waals surface area (Å²) in [5.74, 6) is 1.21. The fourth-order valence-electron chi connectivity index (χ4n) is 2.68. The van der Waals surface area contributed by atoms with Crippen LogP contribution in [-0.2, 0) is 27.8 Å². The number of pyridine rings is 1. The van der Waals surface area contributed by atoms with E-state index in [0.717, 1.165) is 0 Å². The first kappa shape index (κ1) is 19.3. The molecule has 0 saturated heterocycles. The zero-order valence-electron chi connectivity index (χ0n) is 15.3. The van der Waals surface area contributed by atoms with Gasteiger partial charge in [0, 0.05) is 19.9 Å². The number of aromatic nitrogens is 3. The number of benzene rings is 1. The molecule has 3 aromatic rings. The third-order valence-electron chi connectivity index (χ3n) is 3.97. The Hall–Kier alpha value is -2.49. The fraction of sp³-hybridized carbons (Fsp3) is 0.333. The second-order valence-corrected chi connectivity index (χ2v) is 7.51. The molecule has 0 aliphatic heterocycles. The van der Waals surface area contributed by atoms with Crippen molar-refractivity contribution in [3.8, 4) is 5.75 Å². The second-order valence-electron chi connectivity index (χ2n) is 5.75. The van der Waals surface area contributed by atoms with Crippen LogP contribution in [0.15, 0.2) is 47.5 Å². The molecule has 2 heterocycles. The first-order chi connectivity index (χ1) is 13.0. The van der Waals surface area contributed by atoms with Gasteiger partial charge in [0.2, 0.25) is 10.0 Å². The van der Waals surface area contributed by atoms with E-state index >= 15 is 0 Å². The summed E-state index contributed by atoms with van der Waals surface area (Å²) < 4.78 is 40.1. The highest BCUT2D eigenvalue weighted by Gasteiger charge is 2.17. The minimum absolute atomic E-state index is 0.0512. The van der Waals surface area contributed by atoms with Crippen LogP contribution >= 0.6 is 0 Å². The van der Waals surface area contributed by atoms with Gasteiger partial charge in [-0.3, -0.25) is 0 Å². The smallest absolute Gasteiger partial charge is 0.240 e. The van der Waals surface area contributed by atoms with Crippen molar-refractivity contribution in [2.45, 2.75) is 24.9 Å². The van der Waals surface area contributed by atoms with Gasteiger partial charge in [-0.25, -0.2) is 23.1 Å². The van der Waals surface area contributed by atoms with Gasteiger partial charge in [0.1, 0.15) is 17.1 Å². The molecule has 0 aliphatic rings. The number of ether oxygens (including phenoxy) is 2. The van der Waals surface area contributed by atoms with Gasteiger partial charge >= 0.3 is 0 Å². The van der Waals surface area contributed by atoms with Crippen LogP contribution in [0, 0.1) is 0 Å². The Morgan fingerprint density at radius 3 is 2.67 bits per heavy atom. The molecule has 144 valence electrons. The molecule has 27 heavy (non-hydrogen) atoms. The van der Waals surface area contributed by atoms with E-state index in [2.05, 4.69) is 14.7 Å². The Bertz CT molecular complexity index is 1000. The van der Waals surface area contributed by atoms with Gasteiger partial charge in [0.25, 0.3) is 0 Å². The summed E-state index contributed by atoms with van der Waals surface area (Å²) in [4.78, 5) is 9.01. The van der Waals surface area contributed by atoms with Crippen LogP contribution in [0.3, 0.4) is 0 Å². The molecule has 0 radical (unpaired) electrons. The Balaban J connectivity index is 1.80. The number of nitrogens with zero attached hydrogens (tertiary/aromatic N) is 3. The molecule has 0 unspecified atom stereocenters. The molecular weight excluding hydrogens is 368 g/mol. The first-order valence-electron chi connectivity index (χ1n) is 8.56. The van der Waals surface area contributed by atoms with Crippen molar-refractivity contribution in [3.05, 3.63) is 48.4 Å². The number of imidazole rings is 1. The summed E-state index contributed by atoms with van der Waals surface area (Å²) in [6.07, 6.45) is 1.68. The van der Waals surface area contributed by atoms with Gasteiger partial charge in [-0.05, 0) is 43.3 Å². The number of fused-ring (bicyclic) bond motifs is 1. The summed E-state index contributed by atoms with van der Waals surface area (Å²) in [6.45, 7) is 3.45. The first-order valence-corrected chi connectivity index (χ1v) is 10.0. The van der Waals surface area contributed by atoms with E-state index in [0.29, 0.717) is 42.5 Å². The molecule has 0 bridgehead atoms. The third-order valence-corrected chi connectivity index (χ3v) is 5.38. The van der Waals surface area contributed by atoms with Gasteiger partial charge in [-0.1, -0.05) is 0 Å². The van der Waals surface area contributed by atoms with Crippen molar-refractivity contribution in [1.82, 2.24) is 19.3 Å². The zero-order valence-corrected chi connectivity index (χ0v) is 16.1. The standard InChI is InChI=1S/C18H22N4O4S/c1-3-26-14-6-8-15(9-7-14)27(23,24)20-13-17-21-16-5-4-10-19-18(16)22(17)11-12-25-2/h4-10,20H,3,11-13H2,1-2H3. The van der Waals surface area contributed by atoms with Crippen molar-refractivity contribution in [2.75, 3.05) is 20.3 Å². The Kier molecular flexibility index (Phi) is 6.04. The summed E-state index contributed by atoms with van der Waals surface area (Å²) in [6, 6.07) is 9.94. The normalized spacial score (nSPS) is 11.8. The quantitative estimate of drug-likeness (QED) is 0.600. The second kappa shape index (κ2) is 8.47. The molecular formula is C18H22N4O4S. The lowest BCUT2D eigenvalue weighted by molar-refractivity contribution is 0.187.